The second-order valence-electron chi connectivity index (χ2n) is 6.87. The van der Waals surface area contributed by atoms with E-state index in [4.69, 9.17) is 4.74 Å². The number of carbonyl (C=O) groups is 2. The number of aryl methyl sites for hydroxylation is 4. The Morgan fingerprint density at radius 3 is 2.65 bits per heavy atom. The molecule has 1 aromatic carbocycles. The molecule has 138 valence electrons. The summed E-state index contributed by atoms with van der Waals surface area (Å²) in [4.78, 5) is 25.9. The lowest BCUT2D eigenvalue weighted by molar-refractivity contribution is -0.116. The highest BCUT2D eigenvalue weighted by molar-refractivity contribution is 7.17. The molecule has 1 N–H and O–H groups in total. The molecule has 0 bridgehead atoms. The Balaban J connectivity index is 1.71. The van der Waals surface area contributed by atoms with Crippen molar-refractivity contribution >= 4 is 28.2 Å². The first kappa shape index (κ1) is 18.6. The van der Waals surface area contributed by atoms with Crippen molar-refractivity contribution in [2.24, 2.45) is 0 Å². The van der Waals surface area contributed by atoms with Gasteiger partial charge >= 0.3 is 5.97 Å². The van der Waals surface area contributed by atoms with Crippen molar-refractivity contribution < 1.29 is 14.3 Å². The zero-order valence-electron chi connectivity index (χ0n) is 15.6. The van der Waals surface area contributed by atoms with E-state index in [1.165, 1.54) is 34.5 Å². The summed E-state index contributed by atoms with van der Waals surface area (Å²) in [6, 6.07) is 6.29. The minimum absolute atomic E-state index is 0.0630. The van der Waals surface area contributed by atoms with E-state index in [0.29, 0.717) is 23.4 Å². The molecule has 0 unspecified atom stereocenters. The molecule has 4 nitrogen and oxygen atoms in total. The molecule has 0 fully saturated rings. The van der Waals surface area contributed by atoms with Gasteiger partial charge in [0.05, 0.1) is 12.7 Å². The van der Waals surface area contributed by atoms with Crippen LogP contribution in [-0.4, -0.2) is 19.0 Å². The first-order valence-corrected chi connectivity index (χ1v) is 9.90. The Morgan fingerprint density at radius 2 is 1.92 bits per heavy atom. The van der Waals surface area contributed by atoms with Gasteiger partial charge in [-0.1, -0.05) is 18.2 Å². The lowest BCUT2D eigenvalue weighted by Crippen LogP contribution is -2.15. The van der Waals surface area contributed by atoms with Crippen molar-refractivity contribution in [3.63, 3.8) is 0 Å². The Kier molecular flexibility index (Phi) is 5.77. The third kappa shape index (κ3) is 3.98. The van der Waals surface area contributed by atoms with Crippen molar-refractivity contribution in [3.8, 4) is 0 Å². The number of carbonyl (C=O) groups excluding carboxylic acids is 2. The maximum atomic E-state index is 12.5. The van der Waals surface area contributed by atoms with Gasteiger partial charge in [0, 0.05) is 11.3 Å². The van der Waals surface area contributed by atoms with Crippen LogP contribution >= 0.6 is 11.3 Å². The average molecular weight is 372 g/mol. The summed E-state index contributed by atoms with van der Waals surface area (Å²) >= 11 is 1.53. The molecule has 1 aliphatic carbocycles. The fourth-order valence-corrected chi connectivity index (χ4v) is 4.67. The number of nitrogens with one attached hydrogen (secondary N) is 1. The first-order valence-electron chi connectivity index (χ1n) is 9.08. The van der Waals surface area contributed by atoms with Crippen molar-refractivity contribution in [1.82, 2.24) is 0 Å². The van der Waals surface area contributed by atoms with Crippen LogP contribution in [0.3, 0.4) is 0 Å². The monoisotopic (exact) mass is 371 g/mol. The van der Waals surface area contributed by atoms with Gasteiger partial charge in [-0.15, -0.1) is 11.3 Å². The zero-order chi connectivity index (χ0) is 18.7. The molecular formula is C21H25NO3S. The molecule has 1 aliphatic rings. The second kappa shape index (κ2) is 8.04. The third-order valence-corrected chi connectivity index (χ3v) is 6.23. The van der Waals surface area contributed by atoms with E-state index in [-0.39, 0.29) is 11.9 Å². The minimum Gasteiger partial charge on any atom is -0.465 e. The molecule has 3 rings (SSSR count). The van der Waals surface area contributed by atoms with Crippen LogP contribution in [0.25, 0.3) is 0 Å². The van der Waals surface area contributed by atoms with Crippen LogP contribution in [0.2, 0.25) is 0 Å². The van der Waals surface area contributed by atoms with E-state index in [1.54, 1.807) is 0 Å². The largest absolute Gasteiger partial charge is 0.465 e. The van der Waals surface area contributed by atoms with Crippen molar-refractivity contribution in [2.75, 3.05) is 12.4 Å². The van der Waals surface area contributed by atoms with Crippen LogP contribution in [0, 0.1) is 13.8 Å². The molecule has 0 atom stereocenters. The molecule has 0 saturated carbocycles. The smallest absolute Gasteiger partial charge is 0.341 e. The number of hydrogen-bond acceptors (Lipinski definition) is 4. The summed E-state index contributed by atoms with van der Waals surface area (Å²) in [6.45, 7) is 4.16. The topological polar surface area (TPSA) is 55.4 Å². The summed E-state index contributed by atoms with van der Waals surface area (Å²) in [6.07, 6.45) is 5.15. The number of benzene rings is 1. The molecular weight excluding hydrogens is 346 g/mol. The maximum Gasteiger partial charge on any atom is 0.341 e. The summed E-state index contributed by atoms with van der Waals surface area (Å²) in [5.74, 6) is -0.416. The number of anilines is 1. The van der Waals surface area contributed by atoms with Crippen LogP contribution in [0.4, 0.5) is 5.00 Å². The molecule has 26 heavy (non-hydrogen) atoms. The predicted molar refractivity (Wildman–Crippen MR) is 105 cm³/mol. The number of amides is 1. The van der Waals surface area contributed by atoms with Gasteiger partial charge in [0.25, 0.3) is 0 Å². The molecule has 1 amide bonds. The second-order valence-corrected chi connectivity index (χ2v) is 7.98. The van der Waals surface area contributed by atoms with Crippen LogP contribution in [0.1, 0.15) is 56.8 Å². The number of thiophene rings is 1. The summed E-state index contributed by atoms with van der Waals surface area (Å²) in [5.41, 5.74) is 5.28. The van der Waals surface area contributed by atoms with E-state index < -0.39 is 0 Å². The molecule has 0 spiro atoms. The van der Waals surface area contributed by atoms with E-state index in [1.807, 2.05) is 0 Å². The predicted octanol–water partition coefficient (Wildman–Crippen LogP) is 4.60. The number of ether oxygens (including phenoxy) is 1. The number of esters is 1. The quantitative estimate of drug-likeness (QED) is 0.782. The normalized spacial score (nSPS) is 13.2. The van der Waals surface area contributed by atoms with E-state index in [2.05, 4.69) is 37.4 Å². The summed E-state index contributed by atoms with van der Waals surface area (Å²) < 4.78 is 4.95. The van der Waals surface area contributed by atoms with Gasteiger partial charge < -0.3 is 10.1 Å². The minimum atomic E-state index is -0.353. The van der Waals surface area contributed by atoms with Gasteiger partial charge in [0.1, 0.15) is 5.00 Å². The maximum absolute atomic E-state index is 12.5. The molecule has 0 aliphatic heterocycles. The number of rotatable bonds is 5. The molecule has 2 aromatic rings. The molecule has 5 heteroatoms. The Morgan fingerprint density at radius 1 is 1.15 bits per heavy atom. The van der Waals surface area contributed by atoms with Crippen LogP contribution < -0.4 is 5.32 Å². The van der Waals surface area contributed by atoms with Crippen LogP contribution in [0.5, 0.6) is 0 Å². The van der Waals surface area contributed by atoms with Gasteiger partial charge in [0.2, 0.25) is 5.91 Å². The Hall–Kier alpha value is -2.14. The first-order chi connectivity index (χ1) is 12.5. The fourth-order valence-electron chi connectivity index (χ4n) is 3.38. The van der Waals surface area contributed by atoms with Crippen molar-refractivity contribution in [1.29, 1.82) is 0 Å². The van der Waals surface area contributed by atoms with Gasteiger partial charge in [-0.05, 0) is 68.2 Å². The average Bonchev–Trinajstić information content (AvgIpc) is 2.99. The van der Waals surface area contributed by atoms with Crippen molar-refractivity contribution in [3.05, 3.63) is 50.9 Å². The molecule has 0 radical (unpaired) electrons. The summed E-state index contributed by atoms with van der Waals surface area (Å²) in [5, 5.41) is 3.61. The molecule has 1 aromatic heterocycles. The lowest BCUT2D eigenvalue weighted by atomic mass is 9.95. The van der Waals surface area contributed by atoms with E-state index in [9.17, 15) is 9.59 Å². The standard InChI is InChI=1S/C21H25NO3S/c1-13-8-9-15(12-14(13)2)10-11-18(23)22-20-19(21(24)25-3)16-6-4-5-7-17(16)26-20/h8-9,12H,4-7,10-11H2,1-3H3,(H,22,23). The third-order valence-electron chi connectivity index (χ3n) is 5.03. The highest BCUT2D eigenvalue weighted by Crippen LogP contribution is 2.38. The van der Waals surface area contributed by atoms with E-state index >= 15 is 0 Å². The number of hydrogen-bond donors (Lipinski definition) is 1. The van der Waals surface area contributed by atoms with E-state index in [0.717, 1.165) is 36.8 Å². The van der Waals surface area contributed by atoms with Gasteiger partial charge in [-0.25, -0.2) is 4.79 Å². The van der Waals surface area contributed by atoms with Crippen molar-refractivity contribution in [2.45, 2.75) is 52.4 Å². The highest BCUT2D eigenvalue weighted by atomic mass is 32.1. The molecule has 1 heterocycles. The number of methoxy groups -OCH3 is 1. The van der Waals surface area contributed by atoms with Crippen LogP contribution in [-0.2, 0) is 28.8 Å². The van der Waals surface area contributed by atoms with Gasteiger partial charge in [-0.2, -0.15) is 0 Å². The fraction of sp³-hybridized carbons (Fsp3) is 0.429. The Labute approximate surface area is 158 Å². The molecule has 0 saturated heterocycles. The lowest BCUT2D eigenvalue weighted by Gasteiger charge is -2.11. The Bertz CT molecular complexity index is 838. The number of fused-ring (bicyclic) bond motifs is 1. The zero-order valence-corrected chi connectivity index (χ0v) is 16.4. The highest BCUT2D eigenvalue weighted by Gasteiger charge is 2.26. The summed E-state index contributed by atoms with van der Waals surface area (Å²) in [7, 11) is 1.39. The SMILES string of the molecule is COC(=O)c1c(NC(=O)CCc2ccc(C)c(C)c2)sc2c1CCCC2. The van der Waals surface area contributed by atoms with Crippen LogP contribution in [0.15, 0.2) is 18.2 Å². The van der Waals surface area contributed by atoms with Gasteiger partial charge in [0.15, 0.2) is 0 Å². The van der Waals surface area contributed by atoms with Gasteiger partial charge in [-0.3, -0.25) is 4.79 Å².